The Labute approximate surface area is 183 Å². The Morgan fingerprint density at radius 2 is 1.06 bits per heavy atom. The third-order valence-corrected chi connectivity index (χ3v) is 5.64. The van der Waals surface area contributed by atoms with Crippen LogP contribution in [0.15, 0.2) is 24.3 Å². The molecule has 0 radical (unpaired) electrons. The fourth-order valence-corrected chi connectivity index (χ4v) is 3.95. The van der Waals surface area contributed by atoms with Crippen LogP contribution >= 0.6 is 0 Å². The largest absolute Gasteiger partial charge is 0.504 e. The van der Waals surface area contributed by atoms with Gasteiger partial charge in [-0.05, 0) is 12.1 Å². The van der Waals surface area contributed by atoms with E-state index in [1.807, 2.05) is 24.3 Å². The second-order valence-electron chi connectivity index (χ2n) is 7.35. The molecule has 0 saturated carbocycles. The van der Waals surface area contributed by atoms with Gasteiger partial charge in [-0.3, -0.25) is 9.80 Å². The number of methoxy groups -OCH3 is 5. The fourth-order valence-electron chi connectivity index (χ4n) is 3.95. The van der Waals surface area contributed by atoms with E-state index in [1.54, 1.807) is 28.4 Å². The molecule has 1 saturated heterocycles. The molecule has 0 aromatic heterocycles. The van der Waals surface area contributed by atoms with Crippen LogP contribution in [0.2, 0.25) is 0 Å². The molecule has 8 heteroatoms. The van der Waals surface area contributed by atoms with Crippen LogP contribution in [0.3, 0.4) is 0 Å². The Balaban J connectivity index is 1.63. The number of nitrogens with zero attached hydrogens (tertiary/aromatic N) is 2. The summed E-state index contributed by atoms with van der Waals surface area (Å²) in [6.07, 6.45) is 0. The van der Waals surface area contributed by atoms with E-state index >= 15 is 0 Å². The zero-order valence-corrected chi connectivity index (χ0v) is 18.9. The summed E-state index contributed by atoms with van der Waals surface area (Å²) in [6, 6.07) is 7.64. The van der Waals surface area contributed by atoms with Crippen LogP contribution in [0, 0.1) is 0 Å². The first-order chi connectivity index (χ1) is 15.1. The summed E-state index contributed by atoms with van der Waals surface area (Å²) >= 11 is 0. The maximum absolute atomic E-state index is 10.5. The molecule has 0 spiro atoms. The van der Waals surface area contributed by atoms with E-state index in [4.69, 9.17) is 23.7 Å². The van der Waals surface area contributed by atoms with E-state index in [2.05, 4.69) is 9.80 Å². The van der Waals surface area contributed by atoms with Crippen molar-refractivity contribution in [1.82, 2.24) is 9.80 Å². The third kappa shape index (κ3) is 4.91. The lowest BCUT2D eigenvalue weighted by Gasteiger charge is -2.35. The van der Waals surface area contributed by atoms with Crippen molar-refractivity contribution in [2.45, 2.75) is 13.1 Å². The molecule has 170 valence electrons. The summed E-state index contributed by atoms with van der Waals surface area (Å²) in [5, 5.41) is 10.5. The second kappa shape index (κ2) is 10.5. The van der Waals surface area contributed by atoms with E-state index in [9.17, 15) is 5.11 Å². The average molecular weight is 433 g/mol. The van der Waals surface area contributed by atoms with Crippen LogP contribution in [0.1, 0.15) is 11.1 Å². The number of phenolic OH excluding ortho intramolecular Hbond substituents is 1. The molecule has 3 rings (SSSR count). The van der Waals surface area contributed by atoms with E-state index < -0.39 is 0 Å². The van der Waals surface area contributed by atoms with Gasteiger partial charge in [0.05, 0.1) is 35.5 Å². The number of piperazine rings is 1. The quantitative estimate of drug-likeness (QED) is 0.649. The highest BCUT2D eigenvalue weighted by molar-refractivity contribution is 5.56. The minimum atomic E-state index is 0.138. The molecule has 31 heavy (non-hydrogen) atoms. The minimum Gasteiger partial charge on any atom is -0.504 e. The Morgan fingerprint density at radius 3 is 1.55 bits per heavy atom. The number of rotatable bonds is 9. The highest BCUT2D eigenvalue weighted by atomic mass is 16.5. The molecule has 0 unspecified atom stereocenters. The number of benzene rings is 2. The lowest BCUT2D eigenvalue weighted by atomic mass is 10.1. The third-order valence-electron chi connectivity index (χ3n) is 5.64. The molecular weight excluding hydrogens is 400 g/mol. The van der Waals surface area contributed by atoms with Crippen molar-refractivity contribution in [2.24, 2.45) is 0 Å². The highest BCUT2D eigenvalue weighted by Crippen LogP contribution is 2.41. The number of hydrogen-bond donors (Lipinski definition) is 1. The predicted molar refractivity (Wildman–Crippen MR) is 118 cm³/mol. The van der Waals surface area contributed by atoms with Gasteiger partial charge in [-0.2, -0.15) is 0 Å². The molecule has 1 aliphatic rings. The first kappa shape index (κ1) is 22.8. The maximum Gasteiger partial charge on any atom is 0.203 e. The molecule has 2 aromatic rings. The van der Waals surface area contributed by atoms with Crippen LogP contribution in [-0.2, 0) is 13.1 Å². The second-order valence-corrected chi connectivity index (χ2v) is 7.35. The molecule has 1 heterocycles. The Hall–Kier alpha value is -2.84. The van der Waals surface area contributed by atoms with Gasteiger partial charge in [-0.15, -0.1) is 0 Å². The predicted octanol–water partition coefficient (Wildman–Crippen LogP) is 2.75. The van der Waals surface area contributed by atoms with E-state index in [0.717, 1.165) is 43.9 Å². The molecule has 0 amide bonds. The van der Waals surface area contributed by atoms with Crippen LogP contribution in [0.5, 0.6) is 34.5 Å². The fraction of sp³-hybridized carbons (Fsp3) is 0.478. The summed E-state index contributed by atoms with van der Waals surface area (Å²) in [4.78, 5) is 4.71. The Kier molecular flexibility index (Phi) is 7.70. The van der Waals surface area contributed by atoms with E-state index in [1.165, 1.54) is 7.11 Å². The molecule has 1 N–H and O–H groups in total. The van der Waals surface area contributed by atoms with Gasteiger partial charge in [-0.1, -0.05) is 12.1 Å². The highest BCUT2D eigenvalue weighted by Gasteiger charge is 2.23. The topological polar surface area (TPSA) is 72.9 Å². The summed E-state index contributed by atoms with van der Waals surface area (Å²) in [5.74, 6) is 3.02. The first-order valence-electron chi connectivity index (χ1n) is 10.2. The van der Waals surface area contributed by atoms with Gasteiger partial charge in [0.25, 0.3) is 0 Å². The van der Waals surface area contributed by atoms with Crippen LogP contribution in [0.25, 0.3) is 0 Å². The van der Waals surface area contributed by atoms with Crippen molar-refractivity contribution in [3.63, 3.8) is 0 Å². The molecule has 1 aliphatic heterocycles. The Bertz CT molecular complexity index is 881. The van der Waals surface area contributed by atoms with E-state index in [-0.39, 0.29) is 5.75 Å². The summed E-state index contributed by atoms with van der Waals surface area (Å²) < 4.78 is 27.0. The van der Waals surface area contributed by atoms with Crippen molar-refractivity contribution in [3.05, 3.63) is 35.4 Å². The normalized spacial score (nSPS) is 14.9. The number of hydrogen-bond acceptors (Lipinski definition) is 8. The minimum absolute atomic E-state index is 0.138. The Morgan fingerprint density at radius 1 is 0.613 bits per heavy atom. The SMILES string of the molecule is COc1ccc(CN2CCN(Cc3ccc(OC)c(OC)c3OC)CC2)c(O)c1OC. The van der Waals surface area contributed by atoms with Crippen molar-refractivity contribution in [3.8, 4) is 34.5 Å². The molecule has 2 aromatic carbocycles. The summed E-state index contributed by atoms with van der Waals surface area (Å²) in [7, 11) is 7.97. The van der Waals surface area contributed by atoms with E-state index in [0.29, 0.717) is 35.3 Å². The van der Waals surface area contributed by atoms with Gasteiger partial charge in [-0.25, -0.2) is 0 Å². The summed E-state index contributed by atoms with van der Waals surface area (Å²) in [6.45, 7) is 5.02. The van der Waals surface area contributed by atoms with Gasteiger partial charge >= 0.3 is 0 Å². The number of phenols is 1. The molecule has 0 bridgehead atoms. The standard InChI is InChI=1S/C23H32N2O6/c1-27-18-8-6-16(20(26)22(18)30-4)14-24-10-12-25(13-11-24)15-17-7-9-19(28-2)23(31-5)21(17)29-3/h6-9,26H,10-15H2,1-5H3. The summed E-state index contributed by atoms with van der Waals surface area (Å²) in [5.41, 5.74) is 1.89. The van der Waals surface area contributed by atoms with Crippen LogP contribution in [-0.4, -0.2) is 76.6 Å². The average Bonchev–Trinajstić information content (AvgIpc) is 2.80. The lowest BCUT2D eigenvalue weighted by Crippen LogP contribution is -2.45. The zero-order valence-electron chi connectivity index (χ0n) is 18.9. The molecule has 0 atom stereocenters. The number of aromatic hydroxyl groups is 1. The molecule has 8 nitrogen and oxygen atoms in total. The van der Waals surface area contributed by atoms with Crippen molar-refractivity contribution in [1.29, 1.82) is 0 Å². The van der Waals surface area contributed by atoms with Crippen molar-refractivity contribution in [2.75, 3.05) is 61.7 Å². The van der Waals surface area contributed by atoms with Crippen LogP contribution < -0.4 is 23.7 Å². The first-order valence-corrected chi connectivity index (χ1v) is 10.2. The van der Waals surface area contributed by atoms with Gasteiger partial charge in [0.2, 0.25) is 11.5 Å². The van der Waals surface area contributed by atoms with Gasteiger partial charge in [0.15, 0.2) is 23.0 Å². The van der Waals surface area contributed by atoms with Gasteiger partial charge < -0.3 is 28.8 Å². The molecule has 1 fully saturated rings. The monoisotopic (exact) mass is 432 g/mol. The molecular formula is C23H32N2O6. The zero-order chi connectivity index (χ0) is 22.4. The lowest BCUT2D eigenvalue weighted by molar-refractivity contribution is 0.120. The van der Waals surface area contributed by atoms with Gasteiger partial charge in [0.1, 0.15) is 0 Å². The van der Waals surface area contributed by atoms with Crippen molar-refractivity contribution >= 4 is 0 Å². The molecule has 0 aliphatic carbocycles. The van der Waals surface area contributed by atoms with Crippen molar-refractivity contribution < 1.29 is 28.8 Å². The maximum atomic E-state index is 10.5. The van der Waals surface area contributed by atoms with Crippen LogP contribution in [0.4, 0.5) is 0 Å². The number of ether oxygens (including phenoxy) is 5. The smallest absolute Gasteiger partial charge is 0.203 e. The van der Waals surface area contributed by atoms with Gasteiger partial charge in [0, 0.05) is 50.4 Å².